The van der Waals surface area contributed by atoms with Crippen LogP contribution in [-0.2, 0) is 15.6 Å². The van der Waals surface area contributed by atoms with Crippen molar-refractivity contribution in [2.45, 2.75) is 118 Å². The molecule has 4 aromatic rings. The van der Waals surface area contributed by atoms with Crippen LogP contribution in [0.3, 0.4) is 0 Å². The topological polar surface area (TPSA) is 105 Å². The van der Waals surface area contributed by atoms with Crippen molar-refractivity contribution in [3.63, 3.8) is 0 Å². The standard InChI is InChI=1S/C48H54N4O4/c1-25(2)51-29(7)47(9,10)35-21-33(37(23-39(35)51)49-45(55)31-17-13-27(5)14-18-31)41-43(53)42(44(41)54)34-22-36-40(52(26(3)4)30(8)48(36,11)12)24-38(34)50-46(56)32-19-15-28(6)16-20-32/h13-26,29-30H,1-12H3,(H2,49,50,53,54,55,56). The third kappa shape index (κ3) is 6.05. The smallest absolute Gasteiger partial charge is 0.255 e. The first-order chi connectivity index (χ1) is 26.2. The van der Waals surface area contributed by atoms with Crippen LogP contribution in [0.25, 0.3) is 11.1 Å². The predicted octanol–water partition coefficient (Wildman–Crippen LogP) is 6.79. The number of hydrogen-bond donors (Lipinski definition) is 2. The SMILES string of the molecule is Cc1ccc(C(=O)Nc2cc3c(cc2C2=C([O-])/C(=c4\cc5c(cc4NC(=O)c4ccc(C)cc4)=[N+](C(C)C)C(C)C5(C)C)C2=O)C(C)(C)C(C)N3C(C)C)cc1. The number of amides is 2. The minimum atomic E-state index is -0.416. The van der Waals surface area contributed by atoms with E-state index in [1.165, 1.54) is 0 Å². The maximum Gasteiger partial charge on any atom is 0.255 e. The summed E-state index contributed by atoms with van der Waals surface area (Å²) in [7, 11) is 0. The zero-order valence-electron chi connectivity index (χ0n) is 34.8. The molecule has 0 saturated heterocycles. The van der Waals surface area contributed by atoms with Gasteiger partial charge in [-0.15, -0.1) is 0 Å². The van der Waals surface area contributed by atoms with Gasteiger partial charge in [0, 0.05) is 67.9 Å². The van der Waals surface area contributed by atoms with E-state index >= 15 is 0 Å². The average molecular weight is 751 g/mol. The monoisotopic (exact) mass is 750 g/mol. The molecule has 2 unspecified atom stereocenters. The Morgan fingerprint density at radius 1 is 0.732 bits per heavy atom. The number of nitrogens with one attached hydrogen (secondary N) is 2. The summed E-state index contributed by atoms with van der Waals surface area (Å²) in [4.78, 5) is 44.6. The van der Waals surface area contributed by atoms with Gasteiger partial charge >= 0.3 is 0 Å². The summed E-state index contributed by atoms with van der Waals surface area (Å²) in [6, 6.07) is 22.9. The van der Waals surface area contributed by atoms with Crippen LogP contribution in [0.4, 0.5) is 17.1 Å². The number of Topliss-reactive ketones (excluding diaryl/α,β-unsaturated/α-hetero) is 1. The van der Waals surface area contributed by atoms with Gasteiger partial charge in [0.15, 0.2) is 11.8 Å². The Kier molecular flexibility index (Phi) is 9.42. The van der Waals surface area contributed by atoms with Gasteiger partial charge in [-0.2, -0.15) is 0 Å². The quantitative estimate of drug-likeness (QED) is 0.203. The maximum atomic E-state index is 14.7. The minimum absolute atomic E-state index is 0.0289. The Hall–Kier alpha value is -5.50. The molecule has 0 fully saturated rings. The fourth-order valence-corrected chi connectivity index (χ4v) is 8.95. The van der Waals surface area contributed by atoms with Crippen molar-refractivity contribution in [3.05, 3.63) is 128 Å². The highest BCUT2D eigenvalue weighted by atomic mass is 16.3. The Morgan fingerprint density at radius 3 is 1.77 bits per heavy atom. The number of allylic oxidation sites excluding steroid dienone is 2. The highest BCUT2D eigenvalue weighted by molar-refractivity contribution is 6.52. The Labute approximate surface area is 330 Å². The van der Waals surface area contributed by atoms with Crippen molar-refractivity contribution in [1.82, 2.24) is 4.58 Å². The number of carbonyl (C=O) groups is 3. The molecule has 2 aliphatic heterocycles. The molecule has 0 saturated carbocycles. The van der Waals surface area contributed by atoms with E-state index in [2.05, 4.69) is 89.3 Å². The lowest BCUT2D eigenvalue weighted by molar-refractivity contribution is -0.292. The normalized spacial score (nSPS) is 20.4. The van der Waals surface area contributed by atoms with Crippen molar-refractivity contribution in [1.29, 1.82) is 0 Å². The molecule has 2 N–H and O–H groups in total. The van der Waals surface area contributed by atoms with E-state index in [0.717, 1.165) is 33.3 Å². The van der Waals surface area contributed by atoms with Gasteiger partial charge in [0.2, 0.25) is 5.36 Å². The minimum Gasteiger partial charge on any atom is -0.871 e. The van der Waals surface area contributed by atoms with Crippen LogP contribution in [0.15, 0.2) is 78.6 Å². The van der Waals surface area contributed by atoms with Crippen LogP contribution in [0.5, 0.6) is 0 Å². The molecule has 56 heavy (non-hydrogen) atoms. The lowest BCUT2D eigenvalue weighted by Crippen LogP contribution is -2.42. The van der Waals surface area contributed by atoms with Crippen LogP contribution in [0.1, 0.15) is 118 Å². The average Bonchev–Trinajstić information content (AvgIpc) is 3.45. The Morgan fingerprint density at radius 2 is 1.27 bits per heavy atom. The first kappa shape index (κ1) is 38.8. The van der Waals surface area contributed by atoms with E-state index in [1.807, 2.05) is 62.4 Å². The van der Waals surface area contributed by atoms with Crippen molar-refractivity contribution in [2.24, 2.45) is 0 Å². The predicted molar refractivity (Wildman–Crippen MR) is 225 cm³/mol. The van der Waals surface area contributed by atoms with Crippen molar-refractivity contribution in [3.8, 4) is 0 Å². The van der Waals surface area contributed by atoms with Crippen molar-refractivity contribution >= 4 is 45.8 Å². The van der Waals surface area contributed by atoms with Gasteiger partial charge in [-0.25, -0.2) is 4.58 Å². The molecule has 0 spiro atoms. The molecule has 8 heteroatoms. The number of rotatable bonds is 7. The van der Waals surface area contributed by atoms with E-state index in [9.17, 15) is 19.5 Å². The highest BCUT2D eigenvalue weighted by Crippen LogP contribution is 2.50. The zero-order valence-corrected chi connectivity index (χ0v) is 34.8. The second kappa shape index (κ2) is 13.6. The molecule has 0 bridgehead atoms. The number of anilines is 3. The number of aryl methyl sites for hydroxylation is 2. The fraction of sp³-hybridized carbons (Fsp3) is 0.375. The number of fused-ring (bicyclic) bond motifs is 2. The second-order valence-electron chi connectivity index (χ2n) is 17.7. The lowest BCUT2D eigenvalue weighted by Gasteiger charge is -2.34. The zero-order chi connectivity index (χ0) is 40.8. The van der Waals surface area contributed by atoms with E-state index in [-0.39, 0.29) is 58.0 Å². The summed E-state index contributed by atoms with van der Waals surface area (Å²) in [5, 5.41) is 22.3. The van der Waals surface area contributed by atoms with Crippen LogP contribution in [0.2, 0.25) is 0 Å². The molecule has 8 nitrogen and oxygen atoms in total. The van der Waals surface area contributed by atoms with E-state index in [1.54, 1.807) is 24.3 Å². The summed E-state index contributed by atoms with van der Waals surface area (Å²) in [6.07, 6.45) is 0. The summed E-state index contributed by atoms with van der Waals surface area (Å²) in [5.74, 6) is -1.49. The van der Waals surface area contributed by atoms with E-state index in [4.69, 9.17) is 0 Å². The van der Waals surface area contributed by atoms with Gasteiger partial charge in [-0.3, -0.25) is 14.4 Å². The third-order valence-electron chi connectivity index (χ3n) is 12.8. The number of carbonyl (C=O) groups excluding carboxylic acids is 3. The maximum absolute atomic E-state index is 14.7. The Bertz CT molecular complexity index is 2490. The number of nitrogens with zero attached hydrogens (tertiary/aromatic N) is 2. The summed E-state index contributed by atoms with van der Waals surface area (Å²) >= 11 is 0. The summed E-state index contributed by atoms with van der Waals surface area (Å²) < 4.78 is 2.34. The number of hydrogen-bond acceptors (Lipinski definition) is 5. The van der Waals surface area contributed by atoms with Crippen LogP contribution in [0, 0.1) is 13.8 Å². The Balaban J connectivity index is 1.46. The molecule has 1 aliphatic carbocycles. The third-order valence-corrected chi connectivity index (χ3v) is 12.8. The highest BCUT2D eigenvalue weighted by Gasteiger charge is 2.47. The lowest BCUT2D eigenvalue weighted by atomic mass is 9.76. The first-order valence-corrected chi connectivity index (χ1v) is 19.8. The van der Waals surface area contributed by atoms with Crippen LogP contribution >= 0.6 is 0 Å². The van der Waals surface area contributed by atoms with Crippen LogP contribution in [-0.4, -0.2) is 41.8 Å². The van der Waals surface area contributed by atoms with Crippen molar-refractivity contribution < 1.29 is 19.5 Å². The van der Waals surface area contributed by atoms with E-state index in [0.29, 0.717) is 33.3 Å². The summed E-state index contributed by atoms with van der Waals surface area (Å²) in [5.41, 5.74) is 6.65. The number of benzene rings is 4. The molecule has 2 heterocycles. The molecular weight excluding hydrogens is 697 g/mol. The summed E-state index contributed by atoms with van der Waals surface area (Å²) in [6.45, 7) is 25.6. The molecule has 2 amide bonds. The number of ketones is 1. The van der Waals surface area contributed by atoms with Crippen molar-refractivity contribution in [2.75, 3.05) is 15.5 Å². The van der Waals surface area contributed by atoms with Gasteiger partial charge in [0.1, 0.15) is 6.04 Å². The molecule has 290 valence electrons. The van der Waals surface area contributed by atoms with Gasteiger partial charge < -0.3 is 20.6 Å². The van der Waals surface area contributed by atoms with E-state index < -0.39 is 11.5 Å². The van der Waals surface area contributed by atoms with Gasteiger partial charge in [-0.05, 0) is 117 Å². The largest absolute Gasteiger partial charge is 0.871 e. The molecule has 2 atom stereocenters. The van der Waals surface area contributed by atoms with Gasteiger partial charge in [0.25, 0.3) is 11.8 Å². The molecule has 4 aromatic carbocycles. The molecule has 7 rings (SSSR count). The molecule has 0 aromatic heterocycles. The van der Waals surface area contributed by atoms with Gasteiger partial charge in [-0.1, -0.05) is 55.0 Å². The second-order valence-corrected chi connectivity index (χ2v) is 17.7. The molecular formula is C48H54N4O4. The fourth-order valence-electron chi connectivity index (χ4n) is 8.95. The first-order valence-electron chi connectivity index (χ1n) is 19.8. The van der Waals surface area contributed by atoms with Crippen LogP contribution < -0.4 is 35.8 Å². The van der Waals surface area contributed by atoms with Gasteiger partial charge in [0.05, 0.1) is 16.8 Å². The molecule has 0 radical (unpaired) electrons. The molecule has 3 aliphatic rings.